The van der Waals surface area contributed by atoms with Crippen LogP contribution < -0.4 is 9.47 Å². The van der Waals surface area contributed by atoms with Crippen molar-refractivity contribution in [1.29, 1.82) is 0 Å². The molecule has 2 fully saturated rings. The molecular weight excluding hydrogens is 676 g/mol. The minimum atomic E-state index is -4.48. The Balaban J connectivity index is 0.000000276. The van der Waals surface area contributed by atoms with Gasteiger partial charge in [-0.2, -0.15) is 35.1 Å². The van der Waals surface area contributed by atoms with Crippen LogP contribution in [0.2, 0.25) is 0 Å². The van der Waals surface area contributed by atoms with Gasteiger partial charge in [0.1, 0.15) is 11.5 Å². The number of halogens is 8. The van der Waals surface area contributed by atoms with Crippen molar-refractivity contribution in [3.63, 3.8) is 0 Å². The van der Waals surface area contributed by atoms with Crippen LogP contribution in [0.5, 0.6) is 11.5 Å². The largest absolute Gasteiger partial charge is 0.461 e. The molecule has 2 aliphatic carbocycles. The van der Waals surface area contributed by atoms with Crippen LogP contribution in [-0.4, -0.2) is 25.1 Å². The lowest BCUT2D eigenvalue weighted by Gasteiger charge is -2.25. The van der Waals surface area contributed by atoms with Gasteiger partial charge in [-0.25, -0.2) is 0 Å². The van der Waals surface area contributed by atoms with E-state index in [1.165, 1.54) is 119 Å². The Labute approximate surface area is 298 Å². The first kappa shape index (κ1) is 42.0. The number of alkyl halides is 8. The van der Waals surface area contributed by atoms with E-state index in [0.29, 0.717) is 23.0 Å². The van der Waals surface area contributed by atoms with Crippen molar-refractivity contribution in [2.75, 3.05) is 0 Å². The van der Waals surface area contributed by atoms with Crippen LogP contribution in [0.25, 0.3) is 0 Å². The Kier molecular flexibility index (Phi) is 17.5. The van der Waals surface area contributed by atoms with Gasteiger partial charge in [0.25, 0.3) is 0 Å². The van der Waals surface area contributed by atoms with Crippen molar-refractivity contribution in [3.05, 3.63) is 59.7 Å². The molecule has 2 nitrogen and oxygen atoms in total. The highest BCUT2D eigenvalue weighted by atomic mass is 19.3. The van der Waals surface area contributed by atoms with Gasteiger partial charge in [0.15, 0.2) is 0 Å². The minimum absolute atomic E-state index is 0.298. The molecule has 2 aromatic carbocycles. The van der Waals surface area contributed by atoms with Gasteiger partial charge >= 0.3 is 25.1 Å². The predicted octanol–water partition coefficient (Wildman–Crippen LogP) is 12.9. The Bertz CT molecular complexity index is 1390. The summed E-state index contributed by atoms with van der Waals surface area (Å²) in [6.45, 7) is 4.43. The molecular formula is C41H50F8O2. The maximum absolute atomic E-state index is 12.9. The third-order valence-corrected chi connectivity index (χ3v) is 9.44. The molecule has 282 valence electrons. The molecule has 0 atom stereocenters. The Hall–Kier alpha value is -3.40. The molecule has 0 bridgehead atoms. The first-order valence-corrected chi connectivity index (χ1v) is 18.2. The first-order valence-electron chi connectivity index (χ1n) is 18.2. The van der Waals surface area contributed by atoms with E-state index < -0.39 is 25.1 Å². The molecule has 0 radical (unpaired) electrons. The van der Waals surface area contributed by atoms with Crippen molar-refractivity contribution in [3.8, 4) is 35.2 Å². The van der Waals surface area contributed by atoms with Crippen LogP contribution in [0.4, 0.5) is 35.1 Å². The summed E-state index contributed by atoms with van der Waals surface area (Å²) in [5.74, 6) is 14.4. The molecule has 0 aliphatic heterocycles. The average molecular weight is 727 g/mol. The van der Waals surface area contributed by atoms with Crippen molar-refractivity contribution in [2.24, 2.45) is 23.7 Å². The first-order chi connectivity index (χ1) is 24.3. The summed E-state index contributed by atoms with van der Waals surface area (Å²) in [4.78, 5) is 0. The average Bonchev–Trinajstić information content (AvgIpc) is 3.11. The summed E-state index contributed by atoms with van der Waals surface area (Å²) >= 11 is 0. The van der Waals surface area contributed by atoms with E-state index in [1.807, 2.05) is 0 Å². The molecule has 0 heterocycles. The molecule has 0 spiro atoms. The van der Waals surface area contributed by atoms with Crippen LogP contribution in [0.1, 0.15) is 121 Å². The topological polar surface area (TPSA) is 18.5 Å². The van der Waals surface area contributed by atoms with Gasteiger partial charge in [-0.15, -0.1) is 0 Å². The van der Waals surface area contributed by atoms with Crippen LogP contribution in [-0.2, 0) is 0 Å². The highest BCUT2D eigenvalue weighted by molar-refractivity contribution is 5.39. The van der Waals surface area contributed by atoms with Gasteiger partial charge in [-0.3, -0.25) is 0 Å². The van der Waals surface area contributed by atoms with Gasteiger partial charge in [-0.05, 0) is 112 Å². The molecule has 0 N–H and O–H groups in total. The molecule has 0 amide bonds. The maximum Gasteiger partial charge on any atom is 0.461 e. The molecule has 0 saturated heterocycles. The van der Waals surface area contributed by atoms with Gasteiger partial charge in [0.05, 0.1) is 0 Å². The fraction of sp³-hybridized carbons (Fsp3) is 0.610. The standard InChI is InChI=1S/C21H26F4O.C20H24F4O/c1-2-3-4-5-16-6-8-17(9-7-16)10-11-18-12-14-19(15-13-18)26-21(24,25)20(22)23;1-2-3-4-15-5-7-16(8-6-15)9-10-17-11-13-18(14-12-17)25-20(23,24)19(21)22/h12-17,20H,2-9H2,1H3;11-16,19H,2-8H2,1H3. The van der Waals surface area contributed by atoms with Crippen LogP contribution in [0.3, 0.4) is 0 Å². The van der Waals surface area contributed by atoms with Crippen molar-refractivity contribution in [2.45, 2.75) is 135 Å². The van der Waals surface area contributed by atoms with Crippen molar-refractivity contribution < 1.29 is 44.6 Å². The molecule has 51 heavy (non-hydrogen) atoms. The van der Waals surface area contributed by atoms with Gasteiger partial charge in [0.2, 0.25) is 0 Å². The SMILES string of the molecule is CCCCC1CCC(C#Cc2ccc(OC(F)(F)C(F)F)cc2)CC1.CCCCCC1CCC(C#Cc2ccc(OC(F)(F)C(F)F)cc2)CC1. The lowest BCUT2D eigenvalue weighted by Crippen LogP contribution is -2.33. The highest BCUT2D eigenvalue weighted by Crippen LogP contribution is 2.33. The quantitative estimate of drug-likeness (QED) is 0.116. The smallest absolute Gasteiger partial charge is 0.428 e. The number of ether oxygens (including phenoxy) is 2. The summed E-state index contributed by atoms with van der Waals surface area (Å²) in [5, 5.41) is 0. The van der Waals surface area contributed by atoms with E-state index in [0.717, 1.165) is 37.5 Å². The third kappa shape index (κ3) is 15.4. The van der Waals surface area contributed by atoms with E-state index in [1.54, 1.807) is 0 Å². The monoisotopic (exact) mass is 726 g/mol. The Morgan fingerprint density at radius 1 is 0.549 bits per heavy atom. The van der Waals surface area contributed by atoms with Crippen LogP contribution in [0, 0.1) is 47.4 Å². The molecule has 2 saturated carbocycles. The normalized spacial score (nSPS) is 20.7. The lowest BCUT2D eigenvalue weighted by atomic mass is 9.80. The van der Waals surface area contributed by atoms with Crippen LogP contribution >= 0.6 is 0 Å². The van der Waals surface area contributed by atoms with Crippen molar-refractivity contribution >= 4 is 0 Å². The summed E-state index contributed by atoms with van der Waals surface area (Å²) in [6, 6.07) is 11.0. The summed E-state index contributed by atoms with van der Waals surface area (Å²) in [6.07, 6.45) is 1.63. The second-order valence-electron chi connectivity index (χ2n) is 13.6. The number of hydrogen-bond donors (Lipinski definition) is 0. The molecule has 10 heteroatoms. The van der Waals surface area contributed by atoms with E-state index in [2.05, 4.69) is 47.0 Å². The molecule has 0 unspecified atom stereocenters. The van der Waals surface area contributed by atoms with Crippen LogP contribution in [0.15, 0.2) is 48.5 Å². The summed E-state index contributed by atoms with van der Waals surface area (Å²) in [7, 11) is 0. The zero-order valence-corrected chi connectivity index (χ0v) is 29.5. The fourth-order valence-electron chi connectivity index (χ4n) is 6.35. The molecule has 2 aromatic rings. The zero-order chi connectivity index (χ0) is 37.3. The van der Waals surface area contributed by atoms with E-state index in [4.69, 9.17) is 0 Å². The van der Waals surface area contributed by atoms with E-state index >= 15 is 0 Å². The third-order valence-electron chi connectivity index (χ3n) is 9.44. The summed E-state index contributed by atoms with van der Waals surface area (Å²) in [5.41, 5.74) is 1.34. The predicted molar refractivity (Wildman–Crippen MR) is 184 cm³/mol. The number of unbranched alkanes of at least 4 members (excludes halogenated alkanes) is 3. The van der Waals surface area contributed by atoms with Gasteiger partial charge in [-0.1, -0.05) is 82.5 Å². The lowest BCUT2D eigenvalue weighted by molar-refractivity contribution is -0.253. The fourth-order valence-corrected chi connectivity index (χ4v) is 6.35. The van der Waals surface area contributed by atoms with E-state index in [-0.39, 0.29) is 11.5 Å². The number of hydrogen-bond acceptors (Lipinski definition) is 2. The minimum Gasteiger partial charge on any atom is -0.428 e. The number of benzene rings is 2. The number of rotatable bonds is 13. The van der Waals surface area contributed by atoms with E-state index in [9.17, 15) is 35.1 Å². The Morgan fingerprint density at radius 2 is 0.902 bits per heavy atom. The van der Waals surface area contributed by atoms with Crippen molar-refractivity contribution in [1.82, 2.24) is 0 Å². The zero-order valence-electron chi connectivity index (χ0n) is 29.5. The second kappa shape index (κ2) is 21.2. The molecule has 2 aliphatic rings. The van der Waals surface area contributed by atoms with Gasteiger partial charge in [0, 0.05) is 23.0 Å². The maximum atomic E-state index is 12.9. The summed E-state index contributed by atoms with van der Waals surface area (Å²) < 4.78 is 108. The Morgan fingerprint density at radius 3 is 1.24 bits per heavy atom. The van der Waals surface area contributed by atoms with Gasteiger partial charge < -0.3 is 9.47 Å². The second-order valence-corrected chi connectivity index (χ2v) is 13.6. The molecule has 4 rings (SSSR count). The molecule has 0 aromatic heterocycles. The highest BCUT2D eigenvalue weighted by Gasteiger charge is 2.44.